The number of benzene rings is 1. The number of halogens is 1. The molecule has 3 heterocycles. The summed E-state index contributed by atoms with van der Waals surface area (Å²) in [6.07, 6.45) is 6.89. The van der Waals surface area contributed by atoms with Crippen molar-refractivity contribution in [2.75, 3.05) is 26.2 Å². The quantitative estimate of drug-likeness (QED) is 0.644. The normalized spacial score (nSPS) is 15.1. The fourth-order valence-corrected chi connectivity index (χ4v) is 3.59. The van der Waals surface area contributed by atoms with Gasteiger partial charge in [-0.1, -0.05) is 6.08 Å². The minimum Gasteiger partial charge on any atom is -0.339 e. The number of unbranched alkanes of at least 4 members (excludes halogenated alkanes) is 1. The predicted octanol–water partition coefficient (Wildman–Crippen LogP) is 2.82. The highest BCUT2D eigenvalue weighted by atomic mass is 19.1. The first-order valence-electron chi connectivity index (χ1n) is 9.64. The Morgan fingerprint density at radius 3 is 2.75 bits per heavy atom. The Balaban J connectivity index is 1.58. The van der Waals surface area contributed by atoms with Crippen LogP contribution < -0.4 is 11.4 Å². The molecule has 146 valence electrons. The molecule has 0 fully saturated rings. The molecule has 4 rings (SSSR count). The lowest BCUT2D eigenvalue weighted by molar-refractivity contribution is 0.293. The molecule has 0 radical (unpaired) electrons. The summed E-state index contributed by atoms with van der Waals surface area (Å²) in [5.41, 5.74) is 8.45. The predicted molar refractivity (Wildman–Crippen MR) is 109 cm³/mol. The van der Waals surface area contributed by atoms with Crippen molar-refractivity contribution in [3.05, 3.63) is 58.9 Å². The molecule has 0 spiro atoms. The van der Waals surface area contributed by atoms with Crippen LogP contribution in [0.3, 0.4) is 0 Å². The third-order valence-electron chi connectivity index (χ3n) is 5.17. The fourth-order valence-electron chi connectivity index (χ4n) is 3.59. The van der Waals surface area contributed by atoms with Gasteiger partial charge in [-0.15, -0.1) is 0 Å². The fraction of sp³-hybridized carbons (Fsp3) is 0.333. The number of aromatic amines is 1. The summed E-state index contributed by atoms with van der Waals surface area (Å²) in [6.45, 7) is 3.52. The van der Waals surface area contributed by atoms with Gasteiger partial charge in [-0.2, -0.15) is 4.98 Å². The van der Waals surface area contributed by atoms with Gasteiger partial charge < -0.3 is 10.7 Å². The second-order valence-corrected chi connectivity index (χ2v) is 7.13. The summed E-state index contributed by atoms with van der Waals surface area (Å²) >= 11 is 0. The highest BCUT2D eigenvalue weighted by Crippen LogP contribution is 2.24. The van der Waals surface area contributed by atoms with Crippen molar-refractivity contribution in [1.29, 1.82) is 0 Å². The van der Waals surface area contributed by atoms with E-state index in [0.29, 0.717) is 5.65 Å². The lowest BCUT2D eigenvalue weighted by Crippen LogP contribution is -2.32. The summed E-state index contributed by atoms with van der Waals surface area (Å²) in [7, 11) is 0. The average Bonchev–Trinajstić information content (AvgIpc) is 3.11. The first-order valence-corrected chi connectivity index (χ1v) is 9.64. The summed E-state index contributed by atoms with van der Waals surface area (Å²) in [5.74, 6) is -0.279. The zero-order chi connectivity index (χ0) is 19.5. The smallest absolute Gasteiger partial charge is 0.339 e. The van der Waals surface area contributed by atoms with Gasteiger partial charge >= 0.3 is 5.69 Å². The molecule has 0 amide bonds. The number of nitrogens with zero attached hydrogens (tertiary/aromatic N) is 3. The molecule has 3 aromatic rings. The molecule has 6 nitrogen and oxygen atoms in total. The van der Waals surface area contributed by atoms with Gasteiger partial charge in [0.05, 0.1) is 0 Å². The maximum absolute atomic E-state index is 13.2. The van der Waals surface area contributed by atoms with Crippen molar-refractivity contribution in [2.45, 2.75) is 19.3 Å². The van der Waals surface area contributed by atoms with Gasteiger partial charge in [-0.05, 0) is 61.8 Å². The monoisotopic (exact) mass is 381 g/mol. The molecular formula is C21H24FN5O. The van der Waals surface area contributed by atoms with Gasteiger partial charge in [0.2, 0.25) is 0 Å². The number of rotatable bonds is 6. The molecule has 28 heavy (non-hydrogen) atoms. The van der Waals surface area contributed by atoms with Crippen molar-refractivity contribution < 1.29 is 4.39 Å². The highest BCUT2D eigenvalue weighted by molar-refractivity contribution is 5.82. The molecule has 1 aliphatic heterocycles. The van der Waals surface area contributed by atoms with Crippen LogP contribution in [0.25, 0.3) is 28.0 Å². The minimum absolute atomic E-state index is 0.279. The molecular weight excluding hydrogens is 357 g/mol. The molecule has 0 atom stereocenters. The lowest BCUT2D eigenvalue weighted by Gasteiger charge is -2.26. The summed E-state index contributed by atoms with van der Waals surface area (Å²) < 4.78 is 14.8. The molecule has 0 saturated carbocycles. The standard InChI is InChI=1S/C21H24FN5O/c22-17-5-3-15(4-6-17)19-13-16-14-27(21(28)25-20(16)24-19)18-7-11-26(12-8-18)10-2-1-9-23/h3-7,13-14H,1-2,8-12,23H2,(H,24,25,28). The van der Waals surface area contributed by atoms with E-state index in [9.17, 15) is 9.18 Å². The number of H-pyrrole nitrogens is 1. The van der Waals surface area contributed by atoms with Gasteiger partial charge in [-0.3, -0.25) is 9.47 Å². The summed E-state index contributed by atoms with van der Waals surface area (Å²) in [5, 5.41) is 0.852. The molecule has 7 heteroatoms. The van der Waals surface area contributed by atoms with Crippen molar-refractivity contribution >= 4 is 16.7 Å². The zero-order valence-corrected chi connectivity index (χ0v) is 15.7. The molecule has 3 N–H and O–H groups in total. The number of fused-ring (bicyclic) bond motifs is 1. The van der Waals surface area contributed by atoms with Crippen LogP contribution in [-0.2, 0) is 0 Å². The van der Waals surface area contributed by atoms with E-state index in [1.807, 2.05) is 12.3 Å². The van der Waals surface area contributed by atoms with E-state index in [1.165, 1.54) is 12.1 Å². The second-order valence-electron chi connectivity index (χ2n) is 7.13. The number of hydrogen-bond donors (Lipinski definition) is 2. The third kappa shape index (κ3) is 3.90. The van der Waals surface area contributed by atoms with E-state index in [-0.39, 0.29) is 11.5 Å². The average molecular weight is 381 g/mol. The number of nitrogens with one attached hydrogen (secondary N) is 1. The van der Waals surface area contributed by atoms with E-state index in [0.717, 1.165) is 67.8 Å². The van der Waals surface area contributed by atoms with Gasteiger partial charge in [0.15, 0.2) is 0 Å². The van der Waals surface area contributed by atoms with Gasteiger partial charge in [0.1, 0.15) is 11.5 Å². The van der Waals surface area contributed by atoms with E-state index >= 15 is 0 Å². The van der Waals surface area contributed by atoms with Crippen molar-refractivity contribution in [1.82, 2.24) is 19.4 Å². The first-order chi connectivity index (χ1) is 13.6. The van der Waals surface area contributed by atoms with E-state index in [2.05, 4.69) is 20.9 Å². The van der Waals surface area contributed by atoms with E-state index < -0.39 is 0 Å². The summed E-state index contributed by atoms with van der Waals surface area (Å²) in [6, 6.07) is 8.18. The van der Waals surface area contributed by atoms with Crippen LogP contribution in [0.15, 0.2) is 47.4 Å². The van der Waals surface area contributed by atoms with E-state index in [4.69, 9.17) is 5.73 Å². The molecule has 0 bridgehead atoms. The molecule has 0 unspecified atom stereocenters. The summed E-state index contributed by atoms with van der Waals surface area (Å²) in [4.78, 5) is 22.3. The number of aromatic nitrogens is 3. The highest BCUT2D eigenvalue weighted by Gasteiger charge is 2.15. The second kappa shape index (κ2) is 8.08. The maximum Gasteiger partial charge on any atom is 0.353 e. The third-order valence-corrected chi connectivity index (χ3v) is 5.17. The number of hydrogen-bond acceptors (Lipinski definition) is 4. The van der Waals surface area contributed by atoms with E-state index in [1.54, 1.807) is 16.7 Å². The zero-order valence-electron chi connectivity index (χ0n) is 15.7. The van der Waals surface area contributed by atoms with Crippen LogP contribution in [-0.4, -0.2) is 45.6 Å². The Kier molecular flexibility index (Phi) is 5.36. The Morgan fingerprint density at radius 1 is 1.21 bits per heavy atom. The number of nitrogens with two attached hydrogens (primary N) is 1. The molecule has 2 aromatic heterocycles. The SMILES string of the molecule is NCCCCN1CC=C(n2cc3cc(-c4ccc(F)cc4)[nH]c3nc2=O)CC1. The van der Waals surface area contributed by atoms with Crippen molar-refractivity contribution in [2.24, 2.45) is 5.73 Å². The Bertz CT molecular complexity index is 1050. The maximum atomic E-state index is 13.2. The Hall–Kier alpha value is -2.77. The molecule has 1 aliphatic rings. The molecule has 1 aromatic carbocycles. The van der Waals surface area contributed by atoms with Crippen LogP contribution in [0, 0.1) is 5.82 Å². The molecule has 0 aliphatic carbocycles. The van der Waals surface area contributed by atoms with Crippen molar-refractivity contribution in [3.8, 4) is 11.3 Å². The van der Waals surface area contributed by atoms with Crippen LogP contribution in [0.2, 0.25) is 0 Å². The van der Waals surface area contributed by atoms with Gasteiger partial charge in [0, 0.05) is 42.5 Å². The first kappa shape index (κ1) is 18.6. The van der Waals surface area contributed by atoms with Crippen molar-refractivity contribution in [3.63, 3.8) is 0 Å². The minimum atomic E-state index is -0.289. The van der Waals surface area contributed by atoms with Crippen LogP contribution in [0.1, 0.15) is 19.3 Å². The molecule has 0 saturated heterocycles. The Morgan fingerprint density at radius 2 is 2.04 bits per heavy atom. The van der Waals surface area contributed by atoms with Gasteiger partial charge in [-0.25, -0.2) is 9.18 Å². The van der Waals surface area contributed by atoms with Crippen LogP contribution in [0.4, 0.5) is 4.39 Å². The van der Waals surface area contributed by atoms with Gasteiger partial charge in [0.25, 0.3) is 0 Å². The Labute approximate surface area is 162 Å². The van der Waals surface area contributed by atoms with Crippen LogP contribution in [0.5, 0.6) is 0 Å². The topological polar surface area (TPSA) is 79.9 Å². The largest absolute Gasteiger partial charge is 0.353 e. The lowest BCUT2D eigenvalue weighted by atomic mass is 10.1. The van der Waals surface area contributed by atoms with Crippen LogP contribution >= 0.6 is 0 Å².